The van der Waals surface area contributed by atoms with Crippen LogP contribution in [0.15, 0.2) is 182 Å². The summed E-state index contributed by atoms with van der Waals surface area (Å²) in [6.45, 7) is 0. The molecule has 3 nitrogen and oxygen atoms in total. The molecule has 0 radical (unpaired) electrons. The molecule has 0 atom stereocenters. The van der Waals surface area contributed by atoms with Crippen LogP contribution in [0.3, 0.4) is 0 Å². The molecule has 0 fully saturated rings. The van der Waals surface area contributed by atoms with Gasteiger partial charge in [0.15, 0.2) is 0 Å². The van der Waals surface area contributed by atoms with E-state index >= 15 is 0 Å². The van der Waals surface area contributed by atoms with E-state index in [1.807, 2.05) is 42.5 Å². The average Bonchev–Trinajstić information content (AvgIpc) is 3.49. The Morgan fingerprint density at radius 1 is 0.320 bits per heavy atom. The number of ether oxygens (including phenoxy) is 1. The van der Waals surface area contributed by atoms with Crippen LogP contribution >= 0.6 is 0 Å². The maximum absolute atomic E-state index is 6.65. The number of hydrogen-bond donors (Lipinski definition) is 0. The number of nitrogens with zero attached hydrogens (tertiary/aromatic N) is 2. The standard InChI is InChI=1S/C47H30N2O/c1-2-11-32(12-3-1)43-26-27-44(49-48-43)33-23-21-31(22-24-33)34-13-10-14-35(29-34)36-25-28-46-42(30-36)47(41-19-8-9-20-45(41)50-46)39-17-6-4-15-37(39)38-16-5-7-18-40(38)47/h1-30H. The highest BCUT2D eigenvalue weighted by molar-refractivity contribution is 5.89. The number of benzene rings is 7. The van der Waals surface area contributed by atoms with Crippen molar-refractivity contribution in [2.45, 2.75) is 5.41 Å². The topological polar surface area (TPSA) is 35.0 Å². The molecule has 3 heteroatoms. The van der Waals surface area contributed by atoms with Crippen molar-refractivity contribution in [3.63, 3.8) is 0 Å². The lowest BCUT2D eigenvalue weighted by molar-refractivity contribution is 0.436. The Balaban J connectivity index is 1.04. The van der Waals surface area contributed by atoms with E-state index in [1.165, 1.54) is 33.4 Å². The van der Waals surface area contributed by atoms with E-state index in [2.05, 4.69) is 150 Å². The second-order valence-corrected chi connectivity index (χ2v) is 13.0. The maximum atomic E-state index is 6.65. The van der Waals surface area contributed by atoms with Crippen LogP contribution in [-0.4, -0.2) is 10.2 Å². The van der Waals surface area contributed by atoms with Crippen molar-refractivity contribution >= 4 is 0 Å². The van der Waals surface area contributed by atoms with Crippen molar-refractivity contribution in [2.24, 2.45) is 0 Å². The molecule has 0 bridgehead atoms. The van der Waals surface area contributed by atoms with Gasteiger partial charge in [0.05, 0.1) is 16.8 Å². The highest BCUT2D eigenvalue weighted by Crippen LogP contribution is 2.62. The molecule has 2 heterocycles. The average molecular weight is 639 g/mol. The van der Waals surface area contributed by atoms with Crippen LogP contribution in [0.1, 0.15) is 22.3 Å². The van der Waals surface area contributed by atoms with E-state index in [-0.39, 0.29) is 0 Å². The first-order valence-electron chi connectivity index (χ1n) is 17.0. The van der Waals surface area contributed by atoms with Crippen LogP contribution in [0.25, 0.3) is 55.9 Å². The summed E-state index contributed by atoms with van der Waals surface area (Å²) >= 11 is 0. The fourth-order valence-corrected chi connectivity index (χ4v) is 8.00. The van der Waals surface area contributed by atoms with Gasteiger partial charge in [0.1, 0.15) is 11.5 Å². The first-order valence-corrected chi connectivity index (χ1v) is 17.0. The SMILES string of the molecule is c1ccc(-c2ccc(-c3ccc(-c4cccc(-c5ccc6c(c5)C5(c7ccccc7O6)c6ccccc6-c6ccccc65)c4)cc3)nn2)cc1. The Bertz CT molecular complexity index is 2510. The zero-order chi connectivity index (χ0) is 33.1. The fraction of sp³-hybridized carbons (Fsp3) is 0.0213. The Morgan fingerprint density at radius 3 is 1.48 bits per heavy atom. The number of para-hydroxylation sites is 1. The second-order valence-electron chi connectivity index (χ2n) is 13.0. The molecule has 10 rings (SSSR count). The van der Waals surface area contributed by atoms with Gasteiger partial charge in [-0.25, -0.2) is 0 Å². The van der Waals surface area contributed by atoms with Crippen LogP contribution in [-0.2, 0) is 5.41 Å². The van der Waals surface area contributed by atoms with Crippen LogP contribution in [0.4, 0.5) is 0 Å². The summed E-state index contributed by atoms with van der Waals surface area (Å²) in [5, 5.41) is 9.02. The Morgan fingerprint density at radius 2 is 0.800 bits per heavy atom. The van der Waals surface area contributed by atoms with Crippen molar-refractivity contribution in [2.75, 3.05) is 0 Å². The third-order valence-electron chi connectivity index (χ3n) is 10.3. The van der Waals surface area contributed by atoms with Gasteiger partial charge in [0, 0.05) is 22.3 Å². The molecule has 8 aromatic rings. The van der Waals surface area contributed by atoms with E-state index in [1.54, 1.807) is 0 Å². The maximum Gasteiger partial charge on any atom is 0.132 e. The van der Waals surface area contributed by atoms with Crippen LogP contribution in [0, 0.1) is 0 Å². The summed E-state index contributed by atoms with van der Waals surface area (Å²) in [4.78, 5) is 0. The van der Waals surface area contributed by atoms with E-state index in [0.717, 1.165) is 56.3 Å². The molecule has 1 aromatic heterocycles. The molecule has 234 valence electrons. The predicted octanol–water partition coefficient (Wildman–Crippen LogP) is 11.6. The van der Waals surface area contributed by atoms with Gasteiger partial charge in [-0.2, -0.15) is 0 Å². The van der Waals surface area contributed by atoms with E-state index in [4.69, 9.17) is 4.74 Å². The molecule has 0 saturated carbocycles. The van der Waals surface area contributed by atoms with Crippen molar-refractivity contribution in [3.8, 4) is 67.4 Å². The minimum absolute atomic E-state index is 0.483. The number of aromatic nitrogens is 2. The Labute approximate surface area is 291 Å². The van der Waals surface area contributed by atoms with Gasteiger partial charge in [-0.3, -0.25) is 0 Å². The van der Waals surface area contributed by atoms with Gasteiger partial charge >= 0.3 is 0 Å². The molecule has 0 N–H and O–H groups in total. The largest absolute Gasteiger partial charge is 0.457 e. The van der Waals surface area contributed by atoms with Crippen LogP contribution in [0.2, 0.25) is 0 Å². The zero-order valence-corrected chi connectivity index (χ0v) is 27.1. The molecule has 7 aromatic carbocycles. The molecular formula is C47H30N2O. The van der Waals surface area contributed by atoms with Crippen molar-refractivity contribution in [1.82, 2.24) is 10.2 Å². The monoisotopic (exact) mass is 638 g/mol. The van der Waals surface area contributed by atoms with Crippen molar-refractivity contribution < 1.29 is 4.74 Å². The summed E-state index contributed by atoms with van der Waals surface area (Å²) in [7, 11) is 0. The lowest BCUT2D eigenvalue weighted by atomic mass is 9.66. The number of rotatable bonds is 4. The van der Waals surface area contributed by atoms with E-state index in [0.29, 0.717) is 0 Å². The van der Waals surface area contributed by atoms with E-state index in [9.17, 15) is 0 Å². The van der Waals surface area contributed by atoms with Gasteiger partial charge in [-0.1, -0.05) is 146 Å². The highest BCUT2D eigenvalue weighted by atomic mass is 16.5. The summed E-state index contributed by atoms with van der Waals surface area (Å²) in [6, 6.07) is 64.5. The third kappa shape index (κ3) is 4.30. The highest BCUT2D eigenvalue weighted by Gasteiger charge is 2.50. The molecule has 0 saturated heterocycles. The van der Waals surface area contributed by atoms with Gasteiger partial charge in [0.2, 0.25) is 0 Å². The zero-order valence-electron chi connectivity index (χ0n) is 27.1. The second kappa shape index (κ2) is 11.3. The number of fused-ring (bicyclic) bond motifs is 9. The first kappa shape index (κ1) is 28.4. The normalized spacial score (nSPS) is 13.1. The van der Waals surface area contributed by atoms with Gasteiger partial charge in [-0.15, -0.1) is 10.2 Å². The molecule has 0 amide bonds. The molecule has 1 aliphatic carbocycles. The molecule has 0 unspecified atom stereocenters. The first-order chi connectivity index (χ1) is 24.8. The fourth-order valence-electron chi connectivity index (χ4n) is 8.00. The summed E-state index contributed by atoms with van der Waals surface area (Å²) in [5.41, 5.74) is 15.4. The van der Waals surface area contributed by atoms with Gasteiger partial charge in [0.25, 0.3) is 0 Å². The smallest absolute Gasteiger partial charge is 0.132 e. The summed E-state index contributed by atoms with van der Waals surface area (Å²) in [6.07, 6.45) is 0. The molecular weight excluding hydrogens is 609 g/mol. The van der Waals surface area contributed by atoms with E-state index < -0.39 is 5.41 Å². The molecule has 2 aliphatic rings. The van der Waals surface area contributed by atoms with Crippen LogP contribution in [0.5, 0.6) is 11.5 Å². The minimum Gasteiger partial charge on any atom is -0.457 e. The molecule has 1 spiro atoms. The summed E-state index contributed by atoms with van der Waals surface area (Å²) < 4.78 is 6.65. The lowest BCUT2D eigenvalue weighted by Gasteiger charge is -2.39. The van der Waals surface area contributed by atoms with Crippen molar-refractivity contribution in [1.29, 1.82) is 0 Å². The summed E-state index contributed by atoms with van der Waals surface area (Å²) in [5.74, 6) is 1.80. The van der Waals surface area contributed by atoms with Gasteiger partial charge < -0.3 is 4.74 Å². The molecule has 50 heavy (non-hydrogen) atoms. The minimum atomic E-state index is -0.483. The van der Waals surface area contributed by atoms with Crippen LogP contribution < -0.4 is 4.74 Å². The number of hydrogen-bond acceptors (Lipinski definition) is 3. The molecule has 1 aliphatic heterocycles. The Hall–Kier alpha value is -6.58. The van der Waals surface area contributed by atoms with Crippen molar-refractivity contribution in [3.05, 3.63) is 204 Å². The predicted molar refractivity (Wildman–Crippen MR) is 201 cm³/mol. The third-order valence-corrected chi connectivity index (χ3v) is 10.3. The Kier molecular flexibility index (Phi) is 6.40. The lowest BCUT2D eigenvalue weighted by Crippen LogP contribution is -2.32. The van der Waals surface area contributed by atoms with Gasteiger partial charge in [-0.05, 0) is 80.9 Å². The quantitative estimate of drug-likeness (QED) is 0.192.